The Balaban J connectivity index is 1.65. The molecule has 4 nitrogen and oxygen atoms in total. The number of aliphatic hydroxyl groups is 2. The number of aliphatic hydroxyl groups excluding tert-OH is 2. The van der Waals surface area contributed by atoms with E-state index in [1.807, 2.05) is 6.08 Å². The Morgan fingerprint density at radius 1 is 1.25 bits per heavy atom. The zero-order valence-corrected chi connectivity index (χ0v) is 14.4. The van der Waals surface area contributed by atoms with E-state index in [0.29, 0.717) is 30.6 Å². The zero-order chi connectivity index (χ0) is 17.1. The van der Waals surface area contributed by atoms with Gasteiger partial charge in [-0.3, -0.25) is 9.59 Å². The quantitative estimate of drug-likeness (QED) is 0.813. The summed E-state index contributed by atoms with van der Waals surface area (Å²) in [4.78, 5) is 24.0. The van der Waals surface area contributed by atoms with Crippen molar-refractivity contribution in [1.82, 2.24) is 0 Å². The number of hydrogen-bond acceptors (Lipinski definition) is 4. The Hall–Kier alpha value is -1.00. The van der Waals surface area contributed by atoms with Crippen LogP contribution in [-0.2, 0) is 9.59 Å². The molecule has 2 N–H and O–H groups in total. The molecule has 0 amide bonds. The molecule has 3 fully saturated rings. The topological polar surface area (TPSA) is 74.6 Å². The molecule has 0 bridgehead atoms. The first-order valence-corrected chi connectivity index (χ1v) is 9.50. The molecule has 132 valence electrons. The maximum Gasteiger partial charge on any atom is 0.161 e. The summed E-state index contributed by atoms with van der Waals surface area (Å²) in [6.07, 6.45) is 7.47. The van der Waals surface area contributed by atoms with Crippen LogP contribution in [-0.4, -0.2) is 34.5 Å². The van der Waals surface area contributed by atoms with Gasteiger partial charge in [0.05, 0.1) is 6.10 Å². The molecular weight excluding hydrogens is 304 g/mol. The molecule has 3 saturated carbocycles. The lowest BCUT2D eigenvalue weighted by atomic mass is 9.50. The highest BCUT2D eigenvalue weighted by Crippen LogP contribution is 2.63. The SMILES string of the molecule is CC12CC(O)C3C4CCC(=O)C=C4CCC3C1CC[C@@H]2C(=O)CO. The third-order valence-corrected chi connectivity index (χ3v) is 7.81. The maximum absolute atomic E-state index is 12.2. The normalized spacial score (nSPS) is 47.5. The summed E-state index contributed by atoms with van der Waals surface area (Å²) >= 11 is 0. The van der Waals surface area contributed by atoms with Gasteiger partial charge < -0.3 is 10.2 Å². The second-order valence-corrected chi connectivity index (χ2v) is 8.75. The molecule has 4 aliphatic rings. The Morgan fingerprint density at radius 2 is 2.04 bits per heavy atom. The van der Waals surface area contributed by atoms with Crippen LogP contribution in [0, 0.1) is 35.0 Å². The fraction of sp³-hybridized carbons (Fsp3) is 0.800. The van der Waals surface area contributed by atoms with E-state index in [-0.39, 0.29) is 35.4 Å². The Bertz CT molecular complexity index is 594. The second kappa shape index (κ2) is 5.77. The molecule has 4 rings (SSSR count). The van der Waals surface area contributed by atoms with Gasteiger partial charge in [-0.15, -0.1) is 0 Å². The minimum atomic E-state index is -0.398. The largest absolute Gasteiger partial charge is 0.393 e. The van der Waals surface area contributed by atoms with Gasteiger partial charge in [-0.05, 0) is 73.7 Å². The molecule has 0 aromatic carbocycles. The lowest BCUT2D eigenvalue weighted by Gasteiger charge is -2.55. The van der Waals surface area contributed by atoms with E-state index in [9.17, 15) is 19.8 Å². The van der Waals surface area contributed by atoms with Crippen molar-refractivity contribution in [3.05, 3.63) is 11.6 Å². The van der Waals surface area contributed by atoms with Gasteiger partial charge >= 0.3 is 0 Å². The summed E-state index contributed by atoms with van der Waals surface area (Å²) in [7, 11) is 0. The van der Waals surface area contributed by atoms with E-state index in [2.05, 4.69) is 6.92 Å². The molecular formula is C20H28O4. The molecule has 0 heterocycles. The molecule has 6 unspecified atom stereocenters. The number of Topliss-reactive ketones (excluding diaryl/α,β-unsaturated/α-hetero) is 1. The van der Waals surface area contributed by atoms with Crippen LogP contribution in [0.25, 0.3) is 0 Å². The van der Waals surface area contributed by atoms with Gasteiger partial charge in [-0.2, -0.15) is 0 Å². The highest BCUT2D eigenvalue weighted by atomic mass is 16.3. The standard InChI is InChI=1S/C20H28O4/c1-20-9-17(23)19-13-5-3-12(22)8-11(13)2-4-14(19)15(20)6-7-16(20)18(24)10-21/h8,13-17,19,21,23H,2-7,9-10H2,1H3/t13?,14?,15?,16-,17?,19?,20?/m1/s1. The van der Waals surface area contributed by atoms with Gasteiger partial charge in [0.25, 0.3) is 0 Å². The molecule has 0 spiro atoms. The fourth-order valence-corrected chi connectivity index (χ4v) is 6.90. The van der Waals surface area contributed by atoms with E-state index in [0.717, 1.165) is 32.1 Å². The smallest absolute Gasteiger partial charge is 0.161 e. The van der Waals surface area contributed by atoms with Gasteiger partial charge in [-0.25, -0.2) is 0 Å². The molecule has 0 aliphatic heterocycles. The van der Waals surface area contributed by atoms with E-state index < -0.39 is 6.10 Å². The number of carbonyl (C=O) groups is 2. The Morgan fingerprint density at radius 3 is 2.79 bits per heavy atom. The Kier molecular flexibility index (Phi) is 3.96. The van der Waals surface area contributed by atoms with Crippen LogP contribution in [0.15, 0.2) is 11.6 Å². The average molecular weight is 332 g/mol. The molecule has 0 aromatic heterocycles. The predicted octanol–water partition coefficient (Wildman–Crippen LogP) is 2.28. The minimum Gasteiger partial charge on any atom is -0.393 e. The number of fused-ring (bicyclic) bond motifs is 5. The summed E-state index contributed by atoms with van der Waals surface area (Å²) in [5.74, 6) is 1.60. The van der Waals surface area contributed by atoms with Crippen molar-refractivity contribution < 1.29 is 19.8 Å². The van der Waals surface area contributed by atoms with Crippen LogP contribution in [0.2, 0.25) is 0 Å². The Labute approximate surface area is 143 Å². The first kappa shape index (κ1) is 16.5. The number of rotatable bonds is 2. The van der Waals surface area contributed by atoms with Crippen molar-refractivity contribution in [3.8, 4) is 0 Å². The van der Waals surface area contributed by atoms with Gasteiger partial charge in [-0.1, -0.05) is 12.5 Å². The van der Waals surface area contributed by atoms with Crippen molar-refractivity contribution in [2.45, 2.75) is 58.0 Å². The van der Waals surface area contributed by atoms with E-state index in [4.69, 9.17) is 0 Å². The number of carbonyl (C=O) groups excluding carboxylic acids is 2. The van der Waals surface area contributed by atoms with Gasteiger partial charge in [0.1, 0.15) is 6.61 Å². The van der Waals surface area contributed by atoms with Crippen molar-refractivity contribution in [2.24, 2.45) is 35.0 Å². The maximum atomic E-state index is 12.2. The highest BCUT2D eigenvalue weighted by Gasteiger charge is 2.60. The summed E-state index contributed by atoms with van der Waals surface area (Å²) in [5.41, 5.74) is 1.09. The average Bonchev–Trinajstić information content (AvgIpc) is 2.90. The minimum absolute atomic E-state index is 0.0506. The summed E-state index contributed by atoms with van der Waals surface area (Å²) in [6, 6.07) is 0. The van der Waals surface area contributed by atoms with Crippen molar-refractivity contribution in [1.29, 1.82) is 0 Å². The third kappa shape index (κ3) is 2.26. The summed E-state index contributed by atoms with van der Waals surface area (Å²) in [5, 5.41) is 20.3. The van der Waals surface area contributed by atoms with Gasteiger partial charge in [0.15, 0.2) is 11.6 Å². The first-order valence-electron chi connectivity index (χ1n) is 9.50. The van der Waals surface area contributed by atoms with E-state index >= 15 is 0 Å². The van der Waals surface area contributed by atoms with Gasteiger partial charge in [0, 0.05) is 12.3 Å². The number of allylic oxidation sites excluding steroid dienone is 1. The molecule has 0 radical (unpaired) electrons. The lowest BCUT2D eigenvalue weighted by Crippen LogP contribution is -2.53. The van der Waals surface area contributed by atoms with Crippen LogP contribution >= 0.6 is 0 Å². The molecule has 0 aromatic rings. The molecule has 7 atom stereocenters. The highest BCUT2D eigenvalue weighted by molar-refractivity contribution is 5.91. The molecule has 24 heavy (non-hydrogen) atoms. The second-order valence-electron chi connectivity index (χ2n) is 8.75. The lowest BCUT2D eigenvalue weighted by molar-refractivity contribution is -0.139. The van der Waals surface area contributed by atoms with Crippen LogP contribution in [0.4, 0.5) is 0 Å². The van der Waals surface area contributed by atoms with Crippen molar-refractivity contribution in [2.75, 3.05) is 6.61 Å². The van der Waals surface area contributed by atoms with E-state index in [1.165, 1.54) is 5.57 Å². The van der Waals surface area contributed by atoms with Crippen molar-refractivity contribution in [3.63, 3.8) is 0 Å². The number of ketones is 2. The monoisotopic (exact) mass is 332 g/mol. The summed E-state index contributed by atoms with van der Waals surface area (Å²) < 4.78 is 0. The van der Waals surface area contributed by atoms with Crippen LogP contribution < -0.4 is 0 Å². The van der Waals surface area contributed by atoms with Crippen LogP contribution in [0.1, 0.15) is 51.9 Å². The first-order chi connectivity index (χ1) is 11.5. The molecule has 4 aliphatic carbocycles. The molecule has 4 heteroatoms. The van der Waals surface area contributed by atoms with Gasteiger partial charge in [0.2, 0.25) is 0 Å². The van der Waals surface area contributed by atoms with Crippen LogP contribution in [0.5, 0.6) is 0 Å². The third-order valence-electron chi connectivity index (χ3n) is 7.81. The predicted molar refractivity (Wildman–Crippen MR) is 89.1 cm³/mol. The van der Waals surface area contributed by atoms with E-state index in [1.54, 1.807) is 0 Å². The summed E-state index contributed by atoms with van der Waals surface area (Å²) in [6.45, 7) is 1.78. The van der Waals surface area contributed by atoms with Crippen molar-refractivity contribution >= 4 is 11.6 Å². The number of hydrogen-bond donors (Lipinski definition) is 2. The van der Waals surface area contributed by atoms with Crippen LogP contribution in [0.3, 0.4) is 0 Å². The fourth-order valence-electron chi connectivity index (χ4n) is 6.90. The zero-order valence-electron chi connectivity index (χ0n) is 14.4. The molecule has 0 saturated heterocycles.